The van der Waals surface area contributed by atoms with E-state index in [0.29, 0.717) is 29.9 Å². The average Bonchev–Trinajstić information content (AvgIpc) is 2.93. The molecule has 6 nitrogen and oxygen atoms in total. The number of hydrogen-bond donors (Lipinski definition) is 1. The lowest BCUT2D eigenvalue weighted by Crippen LogP contribution is -2.26. The molecule has 1 N–H and O–H groups in total. The number of nitrogens with zero attached hydrogens (tertiary/aromatic N) is 2. The number of aryl methyl sites for hydroxylation is 1. The van der Waals surface area contributed by atoms with Crippen LogP contribution in [0.4, 0.5) is 11.4 Å². The Bertz CT molecular complexity index is 879. The topological polar surface area (TPSA) is 79.4 Å². The van der Waals surface area contributed by atoms with E-state index in [1.807, 2.05) is 6.92 Å². The van der Waals surface area contributed by atoms with Crippen molar-refractivity contribution in [3.8, 4) is 0 Å². The summed E-state index contributed by atoms with van der Waals surface area (Å²) in [5, 5.41) is 0. The highest BCUT2D eigenvalue weighted by atomic mass is 32.2. The molecule has 1 aromatic carbocycles. The van der Waals surface area contributed by atoms with Gasteiger partial charge in [0.05, 0.1) is 22.5 Å². The summed E-state index contributed by atoms with van der Waals surface area (Å²) in [7, 11) is -3.76. The Balaban J connectivity index is 2.04. The van der Waals surface area contributed by atoms with Gasteiger partial charge in [-0.3, -0.25) is 14.5 Å². The zero-order valence-corrected chi connectivity index (χ0v) is 14.4. The van der Waals surface area contributed by atoms with Gasteiger partial charge in [0.25, 0.3) is 10.0 Å². The largest absolute Gasteiger partial charge is 0.312 e. The zero-order chi connectivity index (χ0) is 17.3. The number of carbonyl (C=O) groups excluding carboxylic acids is 1. The summed E-state index contributed by atoms with van der Waals surface area (Å²) < 4.78 is 28.0. The molecule has 3 rings (SSSR count). The monoisotopic (exact) mass is 345 g/mol. The highest BCUT2D eigenvalue weighted by molar-refractivity contribution is 7.92. The van der Waals surface area contributed by atoms with Crippen LogP contribution in [-0.2, 0) is 14.8 Å². The van der Waals surface area contributed by atoms with Crippen molar-refractivity contribution in [2.75, 3.05) is 16.2 Å². The van der Waals surface area contributed by atoms with E-state index in [1.54, 1.807) is 42.3 Å². The first-order valence-electron chi connectivity index (χ1n) is 7.73. The van der Waals surface area contributed by atoms with Crippen molar-refractivity contribution in [1.29, 1.82) is 0 Å². The smallest absolute Gasteiger partial charge is 0.262 e. The molecule has 2 heterocycles. The Labute approximate surface area is 141 Å². The zero-order valence-electron chi connectivity index (χ0n) is 13.6. The molecule has 24 heavy (non-hydrogen) atoms. The first kappa shape index (κ1) is 16.4. The van der Waals surface area contributed by atoms with Crippen LogP contribution in [0.5, 0.6) is 0 Å². The maximum Gasteiger partial charge on any atom is 0.262 e. The molecule has 126 valence electrons. The molecule has 1 amide bonds. The van der Waals surface area contributed by atoms with Gasteiger partial charge in [-0.2, -0.15) is 0 Å². The average molecular weight is 345 g/mol. The van der Waals surface area contributed by atoms with E-state index in [1.165, 1.54) is 6.20 Å². The quantitative estimate of drug-likeness (QED) is 0.924. The number of pyridine rings is 1. The Morgan fingerprint density at radius 1 is 1.21 bits per heavy atom. The molecule has 0 atom stereocenters. The lowest BCUT2D eigenvalue weighted by Gasteiger charge is -2.23. The van der Waals surface area contributed by atoms with Crippen LogP contribution in [-0.4, -0.2) is 25.9 Å². The van der Waals surface area contributed by atoms with Crippen LogP contribution >= 0.6 is 0 Å². The van der Waals surface area contributed by atoms with E-state index >= 15 is 0 Å². The number of rotatable bonds is 4. The van der Waals surface area contributed by atoms with Gasteiger partial charge in [-0.1, -0.05) is 6.07 Å². The van der Waals surface area contributed by atoms with Crippen molar-refractivity contribution in [3.63, 3.8) is 0 Å². The predicted octanol–water partition coefficient (Wildman–Crippen LogP) is 2.63. The minimum Gasteiger partial charge on any atom is -0.312 e. The SMILES string of the molecule is Cc1ccc(S(=O)(=O)Nc2cccnc2)c(C)c1N1CCCC1=O. The van der Waals surface area contributed by atoms with Crippen molar-refractivity contribution in [2.45, 2.75) is 31.6 Å². The lowest BCUT2D eigenvalue weighted by atomic mass is 10.1. The van der Waals surface area contributed by atoms with Crippen LogP contribution in [0.2, 0.25) is 0 Å². The summed E-state index contributed by atoms with van der Waals surface area (Å²) in [6.45, 7) is 4.25. The van der Waals surface area contributed by atoms with Gasteiger partial charge < -0.3 is 4.90 Å². The molecule has 0 saturated carbocycles. The molecule has 2 aromatic rings. The lowest BCUT2D eigenvalue weighted by molar-refractivity contribution is -0.117. The van der Waals surface area contributed by atoms with E-state index in [-0.39, 0.29) is 10.8 Å². The first-order chi connectivity index (χ1) is 11.4. The van der Waals surface area contributed by atoms with Gasteiger partial charge in [0, 0.05) is 19.2 Å². The first-order valence-corrected chi connectivity index (χ1v) is 9.22. The molecule has 1 fully saturated rings. The van der Waals surface area contributed by atoms with E-state index in [2.05, 4.69) is 9.71 Å². The van der Waals surface area contributed by atoms with Gasteiger partial charge in [0.2, 0.25) is 5.91 Å². The van der Waals surface area contributed by atoms with Crippen LogP contribution in [0, 0.1) is 13.8 Å². The summed E-state index contributed by atoms with van der Waals surface area (Å²) in [6.07, 6.45) is 4.32. The maximum absolute atomic E-state index is 12.7. The number of amides is 1. The second-order valence-electron chi connectivity index (χ2n) is 5.85. The third kappa shape index (κ3) is 2.99. The molecule has 1 aliphatic rings. The van der Waals surface area contributed by atoms with Crippen LogP contribution in [0.25, 0.3) is 0 Å². The highest BCUT2D eigenvalue weighted by Crippen LogP contribution is 2.33. The second-order valence-corrected chi connectivity index (χ2v) is 7.50. The fourth-order valence-corrected chi connectivity index (χ4v) is 4.33. The van der Waals surface area contributed by atoms with E-state index in [9.17, 15) is 13.2 Å². The fraction of sp³-hybridized carbons (Fsp3) is 0.294. The molecule has 0 bridgehead atoms. The fourth-order valence-electron chi connectivity index (χ4n) is 3.04. The Morgan fingerprint density at radius 2 is 2.00 bits per heavy atom. The molecule has 0 unspecified atom stereocenters. The van der Waals surface area contributed by atoms with Gasteiger partial charge >= 0.3 is 0 Å². The summed E-state index contributed by atoms with van der Waals surface area (Å²) in [4.78, 5) is 17.9. The van der Waals surface area contributed by atoms with Crippen LogP contribution in [0.15, 0.2) is 41.6 Å². The molecule has 1 saturated heterocycles. The van der Waals surface area contributed by atoms with Crippen molar-refractivity contribution in [2.24, 2.45) is 0 Å². The maximum atomic E-state index is 12.7. The number of anilines is 2. The minimum absolute atomic E-state index is 0.0379. The highest BCUT2D eigenvalue weighted by Gasteiger charge is 2.28. The third-order valence-electron chi connectivity index (χ3n) is 4.13. The number of hydrogen-bond acceptors (Lipinski definition) is 4. The van der Waals surface area contributed by atoms with Gasteiger partial charge in [0.1, 0.15) is 0 Å². The summed E-state index contributed by atoms with van der Waals surface area (Å²) in [5.74, 6) is 0.0379. The molecule has 1 aromatic heterocycles. The predicted molar refractivity (Wildman–Crippen MR) is 92.5 cm³/mol. The summed E-state index contributed by atoms with van der Waals surface area (Å²) >= 11 is 0. The molecule has 0 spiro atoms. The standard InChI is InChI=1S/C17H19N3O3S/c1-12-7-8-15(13(2)17(12)20-10-4-6-16(20)21)24(22,23)19-14-5-3-9-18-11-14/h3,5,7-9,11,19H,4,6,10H2,1-2H3. The molecule has 1 aliphatic heterocycles. The van der Waals surface area contributed by atoms with Gasteiger partial charge in [0.15, 0.2) is 0 Å². The Kier molecular flexibility index (Phi) is 4.28. The van der Waals surface area contributed by atoms with Crippen molar-refractivity contribution in [3.05, 3.63) is 47.8 Å². The number of benzene rings is 1. The van der Waals surface area contributed by atoms with Gasteiger partial charge in [-0.15, -0.1) is 0 Å². The number of carbonyl (C=O) groups is 1. The molecule has 0 radical (unpaired) electrons. The summed E-state index contributed by atoms with van der Waals surface area (Å²) in [5.41, 5.74) is 2.58. The van der Waals surface area contributed by atoms with E-state index in [4.69, 9.17) is 0 Å². The van der Waals surface area contributed by atoms with E-state index in [0.717, 1.165) is 12.0 Å². The number of nitrogens with one attached hydrogen (secondary N) is 1. The van der Waals surface area contributed by atoms with Crippen LogP contribution < -0.4 is 9.62 Å². The molecular weight excluding hydrogens is 326 g/mol. The van der Waals surface area contributed by atoms with Crippen molar-refractivity contribution < 1.29 is 13.2 Å². The Hall–Kier alpha value is -2.41. The van der Waals surface area contributed by atoms with Gasteiger partial charge in [-0.05, 0) is 49.6 Å². The van der Waals surface area contributed by atoms with E-state index < -0.39 is 10.0 Å². The minimum atomic E-state index is -3.76. The number of sulfonamides is 1. The second kappa shape index (κ2) is 6.24. The molecule has 0 aliphatic carbocycles. The number of aromatic nitrogens is 1. The van der Waals surface area contributed by atoms with Crippen LogP contribution in [0.1, 0.15) is 24.0 Å². The van der Waals surface area contributed by atoms with Crippen LogP contribution in [0.3, 0.4) is 0 Å². The summed E-state index contributed by atoms with van der Waals surface area (Å²) in [6, 6.07) is 6.62. The molecular formula is C17H19N3O3S. The van der Waals surface area contributed by atoms with Gasteiger partial charge in [-0.25, -0.2) is 8.42 Å². The molecule has 7 heteroatoms. The van der Waals surface area contributed by atoms with Crippen molar-refractivity contribution >= 4 is 27.3 Å². The Morgan fingerprint density at radius 3 is 2.62 bits per heavy atom. The third-order valence-corrected chi connectivity index (χ3v) is 5.66. The normalized spacial score (nSPS) is 14.9. The van der Waals surface area contributed by atoms with Crippen molar-refractivity contribution in [1.82, 2.24) is 4.98 Å².